The molecule has 28 heavy (non-hydrogen) atoms. The summed E-state index contributed by atoms with van der Waals surface area (Å²) >= 11 is 1.44. The Labute approximate surface area is 164 Å². The number of nitrogens with one attached hydrogen (secondary N) is 2. The lowest BCUT2D eigenvalue weighted by Gasteiger charge is -2.19. The Morgan fingerprint density at radius 1 is 1.21 bits per heavy atom. The van der Waals surface area contributed by atoms with Gasteiger partial charge in [-0.1, -0.05) is 18.2 Å². The molecule has 1 fully saturated rings. The number of aromatic nitrogens is 2. The third kappa shape index (κ3) is 3.27. The number of hydrogen-bond donors (Lipinski definition) is 2. The van der Waals surface area contributed by atoms with Gasteiger partial charge in [-0.15, -0.1) is 11.3 Å². The van der Waals surface area contributed by atoms with Gasteiger partial charge in [0.15, 0.2) is 5.82 Å². The van der Waals surface area contributed by atoms with Crippen molar-refractivity contribution in [3.8, 4) is 11.3 Å². The zero-order valence-electron chi connectivity index (χ0n) is 15.1. The molecule has 0 amide bonds. The van der Waals surface area contributed by atoms with E-state index < -0.39 is 0 Å². The summed E-state index contributed by atoms with van der Waals surface area (Å²) in [4.78, 5) is 22.3. The molecule has 3 aromatic heterocycles. The Balaban J connectivity index is 1.45. The molecular weight excluding hydrogens is 377 g/mol. The lowest BCUT2D eigenvalue weighted by molar-refractivity contribution is -0.939. The fourth-order valence-electron chi connectivity index (χ4n) is 3.63. The molecule has 0 aliphatic heterocycles. The third-order valence-corrected chi connectivity index (χ3v) is 6.08. The first-order chi connectivity index (χ1) is 13.7. The summed E-state index contributed by atoms with van der Waals surface area (Å²) in [6.45, 7) is 1.15. The number of rotatable bonds is 6. The van der Waals surface area contributed by atoms with Gasteiger partial charge in [-0.3, -0.25) is 4.79 Å². The maximum Gasteiger partial charge on any atom is 0.260 e. The molecule has 0 radical (unpaired) electrons. The minimum absolute atomic E-state index is 0.159. The molecule has 1 unspecified atom stereocenters. The number of hydrogen-bond acceptors (Lipinski definition) is 4. The molecule has 1 atom stereocenters. The van der Waals surface area contributed by atoms with E-state index >= 15 is 0 Å². The van der Waals surface area contributed by atoms with Crippen molar-refractivity contribution in [3.63, 3.8) is 0 Å². The lowest BCUT2D eigenvalue weighted by Crippen LogP contribution is -3.10. The summed E-state index contributed by atoms with van der Waals surface area (Å²) in [5.41, 5.74) is 1.31. The molecule has 0 saturated heterocycles. The molecule has 4 aromatic rings. The average Bonchev–Trinajstić information content (AvgIpc) is 3.21. The normalized spacial score (nSPS) is 15.2. The van der Waals surface area contributed by atoms with E-state index in [1.54, 1.807) is 18.4 Å². The maximum absolute atomic E-state index is 14.1. The van der Waals surface area contributed by atoms with E-state index in [9.17, 15) is 9.18 Å². The van der Waals surface area contributed by atoms with E-state index in [-0.39, 0.29) is 11.4 Å². The van der Waals surface area contributed by atoms with Crippen molar-refractivity contribution in [1.82, 2.24) is 9.97 Å². The highest BCUT2D eigenvalue weighted by atomic mass is 32.1. The van der Waals surface area contributed by atoms with Crippen molar-refractivity contribution >= 4 is 21.6 Å². The Morgan fingerprint density at radius 2 is 2.07 bits per heavy atom. The molecule has 5 rings (SSSR count). The topological polar surface area (TPSA) is 63.3 Å². The first-order valence-electron chi connectivity index (χ1n) is 9.31. The minimum Gasteiger partial charge on any atom is -0.464 e. The summed E-state index contributed by atoms with van der Waals surface area (Å²) in [5, 5.41) is 2.46. The highest BCUT2D eigenvalue weighted by molar-refractivity contribution is 7.17. The summed E-state index contributed by atoms with van der Waals surface area (Å²) in [5.74, 6) is 1.12. The van der Waals surface area contributed by atoms with Gasteiger partial charge in [0.1, 0.15) is 29.5 Å². The van der Waals surface area contributed by atoms with Gasteiger partial charge in [-0.25, -0.2) is 9.37 Å². The predicted octanol–water partition coefficient (Wildman–Crippen LogP) is 3.13. The number of thiophene rings is 1. The van der Waals surface area contributed by atoms with Crippen LogP contribution in [0.2, 0.25) is 0 Å². The van der Waals surface area contributed by atoms with Crippen molar-refractivity contribution in [1.29, 1.82) is 0 Å². The molecular formula is C21H19FN3O2S+. The summed E-state index contributed by atoms with van der Waals surface area (Å²) < 4.78 is 19.5. The van der Waals surface area contributed by atoms with Gasteiger partial charge in [0, 0.05) is 29.3 Å². The van der Waals surface area contributed by atoms with Crippen LogP contribution in [0.1, 0.15) is 24.2 Å². The second kappa shape index (κ2) is 7.00. The van der Waals surface area contributed by atoms with E-state index in [2.05, 4.69) is 9.97 Å². The van der Waals surface area contributed by atoms with E-state index in [4.69, 9.17) is 4.42 Å². The molecule has 0 bridgehead atoms. The molecule has 1 aliphatic rings. The largest absolute Gasteiger partial charge is 0.464 e. The van der Waals surface area contributed by atoms with E-state index in [0.717, 1.165) is 18.4 Å². The molecule has 142 valence electrons. The maximum atomic E-state index is 14.1. The van der Waals surface area contributed by atoms with Crippen LogP contribution in [0, 0.1) is 5.82 Å². The predicted molar refractivity (Wildman–Crippen MR) is 106 cm³/mol. The number of fused-ring (bicyclic) bond motifs is 1. The summed E-state index contributed by atoms with van der Waals surface area (Å²) in [7, 11) is 0. The number of benzene rings is 1. The lowest BCUT2D eigenvalue weighted by atomic mass is 10.2. The second-order valence-corrected chi connectivity index (χ2v) is 8.06. The van der Waals surface area contributed by atoms with Crippen LogP contribution >= 0.6 is 11.3 Å². The Bertz CT molecular complexity index is 1180. The van der Waals surface area contributed by atoms with E-state index in [1.807, 2.05) is 23.6 Å². The van der Waals surface area contributed by atoms with Crippen LogP contribution in [-0.2, 0) is 13.1 Å². The average molecular weight is 396 g/mol. The van der Waals surface area contributed by atoms with Crippen molar-refractivity contribution in [2.45, 2.75) is 32.0 Å². The van der Waals surface area contributed by atoms with Gasteiger partial charge >= 0.3 is 0 Å². The minimum atomic E-state index is -0.182. The number of quaternary nitrogens is 1. The monoisotopic (exact) mass is 396 g/mol. The molecule has 3 heterocycles. The van der Waals surface area contributed by atoms with Crippen LogP contribution in [0.4, 0.5) is 4.39 Å². The van der Waals surface area contributed by atoms with Crippen LogP contribution in [-0.4, -0.2) is 16.0 Å². The van der Waals surface area contributed by atoms with Crippen molar-refractivity contribution in [3.05, 3.63) is 75.6 Å². The summed E-state index contributed by atoms with van der Waals surface area (Å²) in [6.07, 6.45) is 3.84. The van der Waals surface area contributed by atoms with Gasteiger partial charge in [-0.05, 0) is 18.2 Å². The summed E-state index contributed by atoms with van der Waals surface area (Å²) in [6, 6.07) is 11.0. The standard InChI is InChI=1S/C21H18FN3O2S/c22-16-5-2-1-4-13(16)10-25(14-7-8-14)11-18-23-20(26)19-15(12-28-21(19)24-18)17-6-3-9-27-17/h1-6,9,12,14H,7-8,10-11H2,(H,23,24,26)/p+1. The Morgan fingerprint density at radius 3 is 2.82 bits per heavy atom. The zero-order chi connectivity index (χ0) is 19.1. The second-order valence-electron chi connectivity index (χ2n) is 7.20. The smallest absolute Gasteiger partial charge is 0.260 e. The van der Waals surface area contributed by atoms with Gasteiger partial charge < -0.3 is 14.3 Å². The fraction of sp³-hybridized carbons (Fsp3) is 0.238. The van der Waals surface area contributed by atoms with E-state index in [1.165, 1.54) is 22.3 Å². The van der Waals surface area contributed by atoms with Crippen LogP contribution in [0.15, 0.2) is 57.3 Å². The van der Waals surface area contributed by atoms with Crippen molar-refractivity contribution < 1.29 is 13.7 Å². The van der Waals surface area contributed by atoms with Crippen molar-refractivity contribution in [2.75, 3.05) is 0 Å². The zero-order valence-corrected chi connectivity index (χ0v) is 15.9. The number of halogens is 1. The number of H-pyrrole nitrogens is 1. The number of aromatic amines is 1. The SMILES string of the molecule is O=c1[nH]c(C[NH+](Cc2ccccc2F)C2CC2)nc2scc(-c3ccco3)c12. The fourth-order valence-corrected chi connectivity index (χ4v) is 4.58. The van der Waals surface area contributed by atoms with Crippen molar-refractivity contribution in [2.24, 2.45) is 0 Å². The first-order valence-corrected chi connectivity index (χ1v) is 10.2. The molecule has 7 heteroatoms. The molecule has 1 aliphatic carbocycles. The highest BCUT2D eigenvalue weighted by Crippen LogP contribution is 2.30. The molecule has 0 spiro atoms. The number of furan rings is 1. The molecule has 5 nitrogen and oxygen atoms in total. The molecule has 1 aromatic carbocycles. The molecule has 1 saturated carbocycles. The van der Waals surface area contributed by atoms with Crippen LogP contribution in [0.3, 0.4) is 0 Å². The third-order valence-electron chi connectivity index (χ3n) is 5.20. The van der Waals surface area contributed by atoms with Crippen LogP contribution in [0.25, 0.3) is 21.5 Å². The highest BCUT2D eigenvalue weighted by Gasteiger charge is 2.34. The quantitative estimate of drug-likeness (QED) is 0.526. The van der Waals surface area contributed by atoms with Crippen LogP contribution < -0.4 is 10.5 Å². The first kappa shape index (κ1) is 17.3. The Hall–Kier alpha value is -2.77. The number of nitrogens with zero attached hydrogens (tertiary/aromatic N) is 1. The Kier molecular flexibility index (Phi) is 4.33. The van der Waals surface area contributed by atoms with Gasteiger partial charge in [-0.2, -0.15) is 0 Å². The van der Waals surface area contributed by atoms with Gasteiger partial charge in [0.25, 0.3) is 5.56 Å². The van der Waals surface area contributed by atoms with Gasteiger partial charge in [0.2, 0.25) is 0 Å². The van der Waals surface area contributed by atoms with Crippen LogP contribution in [0.5, 0.6) is 0 Å². The molecule has 2 N–H and O–H groups in total. The van der Waals surface area contributed by atoms with Gasteiger partial charge in [0.05, 0.1) is 17.7 Å². The van der Waals surface area contributed by atoms with E-state index in [0.29, 0.717) is 46.5 Å².